The average molecular weight is 225 g/mol. The Hall–Kier alpha value is -1.82. The third-order valence-electron chi connectivity index (χ3n) is 2.17. The number of benzene rings is 1. The number of nitrogen functional groups attached to an aromatic ring is 1. The van der Waals surface area contributed by atoms with Crippen LogP contribution in [0.5, 0.6) is 0 Å². The standard InChI is InChI=1S/C10H15N3O3/c1-7(14)6-12(2)10-4-3-8(13(15)16)5-9(10)11/h3-5,7,14H,6,11H2,1-2H3. The van der Waals surface area contributed by atoms with Gasteiger partial charge in [0.05, 0.1) is 22.4 Å². The van der Waals surface area contributed by atoms with Gasteiger partial charge >= 0.3 is 0 Å². The van der Waals surface area contributed by atoms with Crippen LogP contribution in [0.25, 0.3) is 0 Å². The maximum Gasteiger partial charge on any atom is 0.271 e. The van der Waals surface area contributed by atoms with Crippen LogP contribution in [0.1, 0.15) is 6.92 Å². The molecule has 0 saturated carbocycles. The molecular weight excluding hydrogens is 210 g/mol. The molecule has 1 aromatic carbocycles. The molecule has 0 bridgehead atoms. The molecule has 6 heteroatoms. The molecule has 0 aromatic heterocycles. The number of nitro benzene ring substituents is 1. The predicted molar refractivity (Wildman–Crippen MR) is 62.5 cm³/mol. The first-order valence-corrected chi connectivity index (χ1v) is 4.85. The molecule has 0 amide bonds. The largest absolute Gasteiger partial charge is 0.397 e. The van der Waals surface area contributed by atoms with Crippen molar-refractivity contribution in [1.29, 1.82) is 0 Å². The zero-order valence-corrected chi connectivity index (χ0v) is 9.25. The van der Waals surface area contributed by atoms with Crippen LogP contribution < -0.4 is 10.6 Å². The normalized spacial score (nSPS) is 12.2. The fourth-order valence-electron chi connectivity index (χ4n) is 1.50. The molecular formula is C10H15N3O3. The summed E-state index contributed by atoms with van der Waals surface area (Å²) in [7, 11) is 1.77. The number of aliphatic hydroxyl groups is 1. The van der Waals surface area contributed by atoms with E-state index in [2.05, 4.69) is 0 Å². The Labute approximate surface area is 93.4 Å². The van der Waals surface area contributed by atoms with Gasteiger partial charge in [0.2, 0.25) is 0 Å². The summed E-state index contributed by atoms with van der Waals surface area (Å²) in [5, 5.41) is 19.7. The van der Waals surface area contributed by atoms with Crippen molar-refractivity contribution in [3.63, 3.8) is 0 Å². The summed E-state index contributed by atoms with van der Waals surface area (Å²) < 4.78 is 0. The van der Waals surface area contributed by atoms with Crippen molar-refractivity contribution in [2.24, 2.45) is 0 Å². The smallest absolute Gasteiger partial charge is 0.271 e. The number of aliphatic hydroxyl groups excluding tert-OH is 1. The summed E-state index contributed by atoms with van der Waals surface area (Å²) >= 11 is 0. The number of likely N-dealkylation sites (N-methyl/N-ethyl adjacent to an activating group) is 1. The number of nitrogens with two attached hydrogens (primary N) is 1. The van der Waals surface area contributed by atoms with Crippen molar-refractivity contribution in [2.45, 2.75) is 13.0 Å². The van der Waals surface area contributed by atoms with Gasteiger partial charge in [-0.3, -0.25) is 10.1 Å². The van der Waals surface area contributed by atoms with E-state index in [9.17, 15) is 15.2 Å². The Morgan fingerprint density at radius 2 is 2.25 bits per heavy atom. The quantitative estimate of drug-likeness (QED) is 0.453. The van der Waals surface area contributed by atoms with Crippen LogP contribution in [-0.2, 0) is 0 Å². The number of nitrogens with zero attached hydrogens (tertiary/aromatic N) is 2. The maximum atomic E-state index is 10.5. The molecule has 0 heterocycles. The molecule has 16 heavy (non-hydrogen) atoms. The Bertz CT molecular complexity index is 393. The minimum Gasteiger partial charge on any atom is -0.397 e. The second-order valence-corrected chi connectivity index (χ2v) is 3.73. The van der Waals surface area contributed by atoms with Crippen LogP contribution in [0.2, 0.25) is 0 Å². The first kappa shape index (κ1) is 12.3. The molecule has 0 aliphatic heterocycles. The molecule has 6 nitrogen and oxygen atoms in total. The third-order valence-corrected chi connectivity index (χ3v) is 2.17. The van der Waals surface area contributed by atoms with Crippen LogP contribution in [0.4, 0.5) is 17.1 Å². The molecule has 0 saturated heterocycles. The molecule has 3 N–H and O–H groups in total. The van der Waals surface area contributed by atoms with E-state index in [1.165, 1.54) is 12.1 Å². The van der Waals surface area contributed by atoms with Crippen molar-refractivity contribution in [3.8, 4) is 0 Å². The Morgan fingerprint density at radius 1 is 1.62 bits per heavy atom. The Kier molecular flexibility index (Phi) is 3.68. The lowest BCUT2D eigenvalue weighted by molar-refractivity contribution is -0.384. The summed E-state index contributed by atoms with van der Waals surface area (Å²) in [5.41, 5.74) is 6.68. The van der Waals surface area contributed by atoms with Gasteiger partial charge in [-0.05, 0) is 13.0 Å². The van der Waals surface area contributed by atoms with E-state index in [0.717, 1.165) is 0 Å². The van der Waals surface area contributed by atoms with Gasteiger partial charge in [0, 0.05) is 25.7 Å². The molecule has 0 aliphatic rings. The highest BCUT2D eigenvalue weighted by Gasteiger charge is 2.12. The molecule has 1 aromatic rings. The first-order chi connectivity index (χ1) is 7.41. The number of anilines is 2. The zero-order chi connectivity index (χ0) is 12.3. The van der Waals surface area contributed by atoms with Crippen LogP contribution in [-0.4, -0.2) is 29.7 Å². The lowest BCUT2D eigenvalue weighted by atomic mass is 10.2. The Balaban J connectivity index is 2.94. The minimum atomic E-state index is -0.491. The van der Waals surface area contributed by atoms with Crippen molar-refractivity contribution < 1.29 is 10.0 Å². The fraction of sp³-hybridized carbons (Fsp3) is 0.400. The summed E-state index contributed by atoms with van der Waals surface area (Å²) in [6.07, 6.45) is -0.486. The fourth-order valence-corrected chi connectivity index (χ4v) is 1.50. The Morgan fingerprint density at radius 3 is 2.69 bits per heavy atom. The molecule has 0 radical (unpaired) electrons. The van der Waals surface area contributed by atoms with Gasteiger partial charge in [-0.25, -0.2) is 0 Å². The number of hydrogen-bond acceptors (Lipinski definition) is 5. The molecule has 0 fully saturated rings. The van der Waals surface area contributed by atoms with Gasteiger partial charge < -0.3 is 15.7 Å². The highest BCUT2D eigenvalue weighted by Crippen LogP contribution is 2.26. The highest BCUT2D eigenvalue weighted by atomic mass is 16.6. The molecule has 1 unspecified atom stereocenters. The van der Waals surface area contributed by atoms with Crippen molar-refractivity contribution in [3.05, 3.63) is 28.3 Å². The number of nitro groups is 1. The van der Waals surface area contributed by atoms with Crippen molar-refractivity contribution >= 4 is 17.1 Å². The van der Waals surface area contributed by atoms with Gasteiger partial charge in [-0.2, -0.15) is 0 Å². The second-order valence-electron chi connectivity index (χ2n) is 3.73. The van der Waals surface area contributed by atoms with Gasteiger partial charge in [0.15, 0.2) is 0 Å². The van der Waals surface area contributed by atoms with E-state index in [0.29, 0.717) is 17.9 Å². The highest BCUT2D eigenvalue weighted by molar-refractivity contribution is 5.70. The van der Waals surface area contributed by atoms with Gasteiger partial charge in [-0.15, -0.1) is 0 Å². The SMILES string of the molecule is CC(O)CN(C)c1ccc([N+](=O)[O-])cc1N. The monoisotopic (exact) mass is 225 g/mol. The molecule has 1 atom stereocenters. The van der Waals surface area contributed by atoms with Gasteiger partial charge in [0.25, 0.3) is 5.69 Å². The van der Waals surface area contributed by atoms with Crippen molar-refractivity contribution in [1.82, 2.24) is 0 Å². The predicted octanol–water partition coefficient (Wildman–Crippen LogP) is 0.994. The second kappa shape index (κ2) is 4.80. The van der Waals surface area contributed by atoms with Crippen molar-refractivity contribution in [2.75, 3.05) is 24.2 Å². The number of non-ortho nitro benzene ring substituents is 1. The van der Waals surface area contributed by atoms with E-state index in [1.807, 2.05) is 0 Å². The van der Waals surface area contributed by atoms with E-state index in [4.69, 9.17) is 5.73 Å². The lowest BCUT2D eigenvalue weighted by Gasteiger charge is -2.22. The van der Waals surface area contributed by atoms with E-state index < -0.39 is 11.0 Å². The van der Waals surface area contributed by atoms with Gasteiger partial charge in [0.1, 0.15) is 0 Å². The number of rotatable bonds is 4. The third kappa shape index (κ3) is 2.83. The summed E-state index contributed by atoms with van der Waals surface area (Å²) in [6.45, 7) is 2.08. The average Bonchev–Trinajstić information content (AvgIpc) is 2.15. The van der Waals surface area contributed by atoms with Crippen LogP contribution in [0.15, 0.2) is 18.2 Å². The number of hydrogen-bond donors (Lipinski definition) is 2. The maximum absolute atomic E-state index is 10.5. The molecule has 1 rings (SSSR count). The summed E-state index contributed by atoms with van der Waals surface area (Å²) in [6, 6.07) is 4.29. The van der Waals surface area contributed by atoms with Crippen LogP contribution in [0, 0.1) is 10.1 Å². The molecule has 0 spiro atoms. The van der Waals surface area contributed by atoms with Gasteiger partial charge in [-0.1, -0.05) is 0 Å². The summed E-state index contributed by atoms with van der Waals surface area (Å²) in [4.78, 5) is 11.8. The minimum absolute atomic E-state index is 0.0355. The lowest BCUT2D eigenvalue weighted by Crippen LogP contribution is -2.27. The van der Waals surface area contributed by atoms with Crippen LogP contribution in [0.3, 0.4) is 0 Å². The topological polar surface area (TPSA) is 92.6 Å². The zero-order valence-electron chi connectivity index (χ0n) is 9.25. The first-order valence-electron chi connectivity index (χ1n) is 4.85. The van der Waals surface area contributed by atoms with E-state index in [-0.39, 0.29) is 5.69 Å². The van der Waals surface area contributed by atoms with E-state index in [1.54, 1.807) is 24.9 Å². The van der Waals surface area contributed by atoms with E-state index >= 15 is 0 Å². The van der Waals surface area contributed by atoms with Crippen LogP contribution >= 0.6 is 0 Å². The summed E-state index contributed by atoms with van der Waals surface area (Å²) in [5.74, 6) is 0. The molecule has 88 valence electrons. The molecule has 0 aliphatic carbocycles.